The minimum atomic E-state index is 0.283. The maximum Gasteiger partial charge on any atom is 0.240 e. The lowest BCUT2D eigenvalue weighted by Crippen LogP contribution is -2.04. The normalized spacial score (nSPS) is 10.3. The lowest BCUT2D eigenvalue weighted by atomic mass is 10.1. The number of hydrogen-bond acceptors (Lipinski definition) is 5. The Hall–Kier alpha value is -3.04. The van der Waals surface area contributed by atoms with E-state index in [0.717, 1.165) is 28.1 Å². The second kappa shape index (κ2) is 7.68. The average molecular weight is 423 g/mol. The van der Waals surface area contributed by atoms with E-state index in [1.165, 1.54) is 5.56 Å². The Morgan fingerprint density at radius 2 is 1.70 bits per heavy atom. The summed E-state index contributed by atoms with van der Waals surface area (Å²) in [7, 11) is 0. The topological polar surface area (TPSA) is 73.1 Å². The number of nitrogen functional groups attached to an aromatic ring is 1. The lowest BCUT2D eigenvalue weighted by Gasteiger charge is -2.15. The van der Waals surface area contributed by atoms with E-state index < -0.39 is 0 Å². The zero-order valence-corrected chi connectivity index (χ0v) is 16.9. The zero-order chi connectivity index (χ0) is 19.6. The first-order chi connectivity index (χ1) is 12.9. The molecule has 0 fully saturated rings. The Bertz CT molecular complexity index is 1020. The number of nitrogens with one attached hydrogen (secondary N) is 1. The summed E-state index contributed by atoms with van der Waals surface area (Å²) in [6.07, 6.45) is 5.38. The fraction of sp³-hybridized carbons (Fsp3) is 0.143. The van der Waals surface area contributed by atoms with Crippen molar-refractivity contribution in [3.8, 4) is 24.0 Å². The van der Waals surface area contributed by atoms with Crippen LogP contribution < -0.4 is 15.8 Å². The van der Waals surface area contributed by atoms with Crippen LogP contribution >= 0.6 is 15.9 Å². The van der Waals surface area contributed by atoms with Crippen molar-refractivity contribution in [2.45, 2.75) is 20.8 Å². The van der Waals surface area contributed by atoms with Gasteiger partial charge in [0.05, 0.1) is 0 Å². The van der Waals surface area contributed by atoms with Gasteiger partial charge in [0.15, 0.2) is 0 Å². The third-order valence-electron chi connectivity index (χ3n) is 3.96. The number of ether oxygens (including phenoxy) is 1. The number of nitrogens with zero attached hydrogens (tertiary/aromatic N) is 2. The molecule has 0 radical (unpaired) electrons. The summed E-state index contributed by atoms with van der Waals surface area (Å²) in [4.78, 5) is 8.72. The van der Waals surface area contributed by atoms with Gasteiger partial charge in [-0.05, 0) is 72.1 Å². The highest BCUT2D eigenvalue weighted by Crippen LogP contribution is 2.36. The van der Waals surface area contributed by atoms with Gasteiger partial charge in [0.2, 0.25) is 11.8 Å². The molecule has 1 heterocycles. The lowest BCUT2D eigenvalue weighted by molar-refractivity contribution is 0.452. The molecule has 0 bridgehead atoms. The minimum Gasteiger partial charge on any atom is -0.437 e. The molecular formula is C21H19BrN4O. The van der Waals surface area contributed by atoms with Gasteiger partial charge in [-0.2, -0.15) is 9.97 Å². The fourth-order valence-corrected chi connectivity index (χ4v) is 3.03. The first-order valence-corrected chi connectivity index (χ1v) is 9.09. The van der Waals surface area contributed by atoms with Crippen molar-refractivity contribution in [1.29, 1.82) is 0 Å². The van der Waals surface area contributed by atoms with Crippen LogP contribution in [0.5, 0.6) is 11.6 Å². The largest absolute Gasteiger partial charge is 0.437 e. The molecule has 0 atom stereocenters. The van der Waals surface area contributed by atoms with Crippen LogP contribution in [0, 0.1) is 33.1 Å². The van der Waals surface area contributed by atoms with Crippen molar-refractivity contribution in [2.75, 3.05) is 11.1 Å². The molecule has 136 valence electrons. The SMILES string of the molecule is C#Cc1ccc(Nc2nc(N)c(Br)c(Oc3c(C)cc(C)cc3C)n2)cc1. The maximum absolute atomic E-state index is 6.08. The minimum absolute atomic E-state index is 0.283. The molecule has 3 aromatic rings. The van der Waals surface area contributed by atoms with Crippen molar-refractivity contribution in [2.24, 2.45) is 0 Å². The molecule has 6 heteroatoms. The van der Waals surface area contributed by atoms with E-state index in [4.69, 9.17) is 16.9 Å². The van der Waals surface area contributed by atoms with E-state index in [9.17, 15) is 0 Å². The van der Waals surface area contributed by atoms with Crippen molar-refractivity contribution < 1.29 is 4.74 Å². The summed E-state index contributed by atoms with van der Waals surface area (Å²) >= 11 is 3.41. The van der Waals surface area contributed by atoms with Gasteiger partial charge in [-0.3, -0.25) is 0 Å². The zero-order valence-electron chi connectivity index (χ0n) is 15.3. The van der Waals surface area contributed by atoms with E-state index in [-0.39, 0.29) is 5.82 Å². The fourth-order valence-electron chi connectivity index (χ4n) is 2.77. The smallest absolute Gasteiger partial charge is 0.240 e. The van der Waals surface area contributed by atoms with Crippen LogP contribution in [0.1, 0.15) is 22.3 Å². The van der Waals surface area contributed by atoms with Crippen LogP contribution in [0.25, 0.3) is 0 Å². The summed E-state index contributed by atoms with van der Waals surface area (Å²) < 4.78 is 6.59. The maximum atomic E-state index is 6.08. The number of aromatic nitrogens is 2. The highest BCUT2D eigenvalue weighted by molar-refractivity contribution is 9.10. The van der Waals surface area contributed by atoms with E-state index in [0.29, 0.717) is 16.3 Å². The van der Waals surface area contributed by atoms with Crippen LogP contribution in [-0.2, 0) is 0 Å². The van der Waals surface area contributed by atoms with Crippen molar-refractivity contribution in [1.82, 2.24) is 9.97 Å². The summed E-state index contributed by atoms with van der Waals surface area (Å²) in [5.74, 6) is 4.30. The van der Waals surface area contributed by atoms with Gasteiger partial charge in [0, 0.05) is 11.3 Å². The van der Waals surface area contributed by atoms with Crippen LogP contribution in [0.15, 0.2) is 40.9 Å². The molecule has 3 N–H and O–H groups in total. The molecule has 0 saturated heterocycles. The standard InChI is InChI=1S/C21H19BrN4O/c1-5-15-6-8-16(9-7-15)24-21-25-19(23)17(22)20(26-21)27-18-13(3)10-12(2)11-14(18)4/h1,6-11H,2-4H3,(H3,23,24,25,26). The molecule has 0 unspecified atom stereocenters. The van der Waals surface area contributed by atoms with E-state index >= 15 is 0 Å². The number of benzene rings is 2. The van der Waals surface area contributed by atoms with Crippen LogP contribution in [0.4, 0.5) is 17.5 Å². The molecule has 0 aliphatic carbocycles. The third-order valence-corrected chi connectivity index (χ3v) is 4.70. The number of nitrogens with two attached hydrogens (primary N) is 1. The second-order valence-electron chi connectivity index (χ2n) is 6.23. The number of anilines is 3. The number of halogens is 1. The Labute approximate surface area is 167 Å². The van der Waals surface area contributed by atoms with Gasteiger partial charge in [0.1, 0.15) is 16.0 Å². The second-order valence-corrected chi connectivity index (χ2v) is 7.02. The Morgan fingerprint density at radius 1 is 1.07 bits per heavy atom. The molecule has 2 aromatic carbocycles. The summed E-state index contributed by atoms with van der Waals surface area (Å²) in [6.45, 7) is 6.05. The molecule has 5 nitrogen and oxygen atoms in total. The molecule has 0 aliphatic rings. The first-order valence-electron chi connectivity index (χ1n) is 8.30. The van der Waals surface area contributed by atoms with Crippen LogP contribution in [0.3, 0.4) is 0 Å². The molecule has 3 rings (SSSR count). The highest BCUT2D eigenvalue weighted by Gasteiger charge is 2.15. The molecule has 1 aromatic heterocycles. The Morgan fingerprint density at radius 3 is 2.30 bits per heavy atom. The highest BCUT2D eigenvalue weighted by atomic mass is 79.9. The van der Waals surface area contributed by atoms with E-state index in [1.54, 1.807) is 0 Å². The third kappa shape index (κ3) is 4.21. The summed E-state index contributed by atoms with van der Waals surface area (Å²) in [6, 6.07) is 11.5. The monoisotopic (exact) mass is 422 g/mol. The predicted molar refractivity (Wildman–Crippen MR) is 113 cm³/mol. The number of terminal acetylenes is 1. The predicted octanol–water partition coefficient (Wildman–Crippen LogP) is 5.26. The van der Waals surface area contributed by atoms with Crippen molar-refractivity contribution in [3.63, 3.8) is 0 Å². The average Bonchev–Trinajstić information content (AvgIpc) is 2.62. The summed E-state index contributed by atoms with van der Waals surface area (Å²) in [5, 5.41) is 3.12. The van der Waals surface area contributed by atoms with Gasteiger partial charge in [-0.15, -0.1) is 6.42 Å². The van der Waals surface area contributed by atoms with Crippen LogP contribution in [0.2, 0.25) is 0 Å². The molecule has 0 amide bonds. The van der Waals surface area contributed by atoms with Crippen LogP contribution in [-0.4, -0.2) is 9.97 Å². The van der Waals surface area contributed by atoms with E-state index in [1.807, 2.05) is 38.1 Å². The van der Waals surface area contributed by atoms with Gasteiger partial charge in [0.25, 0.3) is 0 Å². The van der Waals surface area contributed by atoms with Crippen molar-refractivity contribution >= 4 is 33.4 Å². The van der Waals surface area contributed by atoms with Crippen molar-refractivity contribution in [3.05, 3.63) is 63.1 Å². The molecule has 0 spiro atoms. The number of rotatable bonds is 4. The molecule has 0 saturated carbocycles. The molecular weight excluding hydrogens is 404 g/mol. The molecule has 27 heavy (non-hydrogen) atoms. The quantitative estimate of drug-likeness (QED) is 0.560. The molecule has 0 aliphatic heterocycles. The Balaban J connectivity index is 1.93. The van der Waals surface area contributed by atoms with Gasteiger partial charge >= 0.3 is 0 Å². The number of hydrogen-bond donors (Lipinski definition) is 2. The van der Waals surface area contributed by atoms with Gasteiger partial charge in [-0.1, -0.05) is 23.6 Å². The number of aryl methyl sites for hydroxylation is 3. The van der Waals surface area contributed by atoms with Gasteiger partial charge in [-0.25, -0.2) is 0 Å². The summed E-state index contributed by atoms with van der Waals surface area (Å²) in [5.41, 5.74) is 10.8. The Kier molecular flexibility index (Phi) is 5.33. The van der Waals surface area contributed by atoms with Gasteiger partial charge < -0.3 is 15.8 Å². The van der Waals surface area contributed by atoms with E-state index in [2.05, 4.69) is 56.2 Å². The first kappa shape index (κ1) is 18.7.